The van der Waals surface area contributed by atoms with Crippen LogP contribution < -0.4 is 0 Å². The minimum absolute atomic E-state index is 0.144. The largest absolute Gasteiger partial charge is 0.481 e. The van der Waals surface area contributed by atoms with E-state index in [1.807, 2.05) is 12.1 Å². The van der Waals surface area contributed by atoms with Crippen LogP contribution in [0.15, 0.2) is 59.1 Å². The molecule has 2 aliphatic rings. The predicted octanol–water partition coefficient (Wildman–Crippen LogP) is 6.89. The summed E-state index contributed by atoms with van der Waals surface area (Å²) in [6.45, 7) is 5.11. The zero-order valence-electron chi connectivity index (χ0n) is 21.4. The van der Waals surface area contributed by atoms with Gasteiger partial charge in [0.25, 0.3) is 5.89 Å². The van der Waals surface area contributed by atoms with Crippen LogP contribution >= 0.6 is 0 Å². The summed E-state index contributed by atoms with van der Waals surface area (Å²) in [6, 6.07) is 15.5. The fourth-order valence-corrected chi connectivity index (χ4v) is 5.82. The molecule has 4 aromatic rings. The fraction of sp³-hybridized carbons (Fsp3) is 0.300. The molecule has 1 aliphatic heterocycles. The SMILES string of the molecule is Cc1cc(-c2nc(-c3ccc4c(c3)CN(C3CC(C(=O)O)C3)C4)no2)cc(C)c1-c1ccccc1C(F)(F)F. The van der Waals surface area contributed by atoms with E-state index < -0.39 is 17.7 Å². The van der Waals surface area contributed by atoms with Crippen LogP contribution in [0.1, 0.15) is 40.7 Å². The van der Waals surface area contributed by atoms with Gasteiger partial charge in [0.1, 0.15) is 0 Å². The normalized spacial score (nSPS) is 19.1. The zero-order valence-corrected chi connectivity index (χ0v) is 21.4. The van der Waals surface area contributed by atoms with Gasteiger partial charge in [-0.3, -0.25) is 9.69 Å². The zero-order chi connectivity index (χ0) is 27.5. The van der Waals surface area contributed by atoms with Crippen molar-refractivity contribution in [3.63, 3.8) is 0 Å². The van der Waals surface area contributed by atoms with Crippen LogP contribution in [0, 0.1) is 19.8 Å². The van der Waals surface area contributed by atoms with E-state index in [9.17, 15) is 18.0 Å². The lowest BCUT2D eigenvalue weighted by Crippen LogP contribution is -2.44. The molecule has 2 heterocycles. The molecule has 6 nitrogen and oxygen atoms in total. The number of nitrogens with zero attached hydrogens (tertiary/aromatic N) is 3. The van der Waals surface area contributed by atoms with Crippen molar-refractivity contribution in [2.24, 2.45) is 5.92 Å². The summed E-state index contributed by atoms with van der Waals surface area (Å²) in [5, 5.41) is 13.3. The number of aryl methyl sites for hydroxylation is 2. The van der Waals surface area contributed by atoms with Gasteiger partial charge in [-0.05, 0) is 84.3 Å². The summed E-state index contributed by atoms with van der Waals surface area (Å²) in [4.78, 5) is 18.1. The summed E-state index contributed by atoms with van der Waals surface area (Å²) in [5.41, 5.74) is 5.20. The third-order valence-electron chi connectivity index (χ3n) is 7.90. The smallest absolute Gasteiger partial charge is 0.417 e. The first-order chi connectivity index (χ1) is 18.6. The Hall–Kier alpha value is -3.98. The van der Waals surface area contributed by atoms with Crippen molar-refractivity contribution < 1.29 is 27.6 Å². The van der Waals surface area contributed by atoms with E-state index >= 15 is 0 Å². The Morgan fingerprint density at radius 2 is 1.67 bits per heavy atom. The molecular weight excluding hydrogens is 507 g/mol. The van der Waals surface area contributed by atoms with Gasteiger partial charge in [-0.25, -0.2) is 0 Å². The maximum absolute atomic E-state index is 13.7. The van der Waals surface area contributed by atoms with Crippen LogP contribution in [0.25, 0.3) is 34.0 Å². The highest BCUT2D eigenvalue weighted by molar-refractivity contribution is 5.77. The van der Waals surface area contributed by atoms with Gasteiger partial charge in [-0.15, -0.1) is 0 Å². The second-order valence-corrected chi connectivity index (χ2v) is 10.5. The number of alkyl halides is 3. The minimum atomic E-state index is -4.46. The van der Waals surface area contributed by atoms with E-state index in [1.165, 1.54) is 17.7 Å². The average Bonchev–Trinajstić information content (AvgIpc) is 3.49. The Morgan fingerprint density at radius 1 is 0.974 bits per heavy atom. The molecule has 200 valence electrons. The molecule has 39 heavy (non-hydrogen) atoms. The second-order valence-electron chi connectivity index (χ2n) is 10.5. The highest BCUT2D eigenvalue weighted by Gasteiger charge is 2.39. The van der Waals surface area contributed by atoms with Gasteiger partial charge in [-0.2, -0.15) is 18.2 Å². The van der Waals surface area contributed by atoms with Crippen molar-refractivity contribution >= 4 is 5.97 Å². The first kappa shape index (κ1) is 25.3. The number of rotatable bonds is 5. The van der Waals surface area contributed by atoms with Crippen LogP contribution in [0.2, 0.25) is 0 Å². The van der Waals surface area contributed by atoms with Crippen LogP contribution in [-0.4, -0.2) is 32.2 Å². The summed E-state index contributed by atoms with van der Waals surface area (Å²) in [6.07, 6.45) is -3.09. The Bertz CT molecular complexity index is 1560. The standard InChI is InChI=1S/C30H26F3N3O3/c1-16-9-20(10-17(2)26(16)24-5-3-4-6-25(24)30(31,32)33)28-34-27(35-39-28)18-7-8-19-14-36(15-22(19)11-18)23-12-21(13-23)29(37)38/h3-11,21,23H,12-15H2,1-2H3,(H,37,38). The topological polar surface area (TPSA) is 79.5 Å². The van der Waals surface area contributed by atoms with Gasteiger partial charge in [0.05, 0.1) is 11.5 Å². The number of carboxylic acid groups (broad SMARTS) is 1. The minimum Gasteiger partial charge on any atom is -0.481 e. The number of halogens is 3. The van der Waals surface area contributed by atoms with E-state index in [0.29, 0.717) is 46.8 Å². The maximum atomic E-state index is 13.7. The molecule has 6 rings (SSSR count). The fourth-order valence-electron chi connectivity index (χ4n) is 5.82. The molecule has 3 aromatic carbocycles. The third kappa shape index (κ3) is 4.61. The Balaban J connectivity index is 1.24. The molecule has 0 unspecified atom stereocenters. The summed E-state index contributed by atoms with van der Waals surface area (Å²) < 4.78 is 46.5. The Kier molecular flexibility index (Phi) is 6.06. The number of aromatic nitrogens is 2. The quantitative estimate of drug-likeness (QED) is 0.301. The molecule has 1 saturated carbocycles. The molecule has 9 heteroatoms. The first-order valence-electron chi connectivity index (χ1n) is 12.8. The highest BCUT2D eigenvalue weighted by Crippen LogP contribution is 2.41. The van der Waals surface area contributed by atoms with Crippen LogP contribution in [0.5, 0.6) is 0 Å². The predicted molar refractivity (Wildman–Crippen MR) is 138 cm³/mol. The Morgan fingerprint density at radius 3 is 2.36 bits per heavy atom. The molecule has 0 radical (unpaired) electrons. The van der Waals surface area contributed by atoms with Gasteiger partial charge >= 0.3 is 12.1 Å². The van der Waals surface area contributed by atoms with E-state index in [0.717, 1.165) is 30.3 Å². The average molecular weight is 534 g/mol. The monoisotopic (exact) mass is 533 g/mol. The van der Waals surface area contributed by atoms with Crippen molar-refractivity contribution in [1.29, 1.82) is 0 Å². The molecule has 0 atom stereocenters. The van der Waals surface area contributed by atoms with Crippen molar-refractivity contribution in [2.45, 2.75) is 52.0 Å². The van der Waals surface area contributed by atoms with Crippen LogP contribution in [0.4, 0.5) is 13.2 Å². The van der Waals surface area contributed by atoms with Crippen LogP contribution in [-0.2, 0) is 24.1 Å². The van der Waals surface area contributed by atoms with Gasteiger partial charge in [0.15, 0.2) is 0 Å². The third-order valence-corrected chi connectivity index (χ3v) is 7.90. The molecule has 1 aromatic heterocycles. The van der Waals surface area contributed by atoms with E-state index in [4.69, 9.17) is 9.63 Å². The lowest BCUT2D eigenvalue weighted by molar-refractivity contribution is -0.147. The molecule has 0 bridgehead atoms. The van der Waals surface area contributed by atoms with E-state index in [-0.39, 0.29) is 17.5 Å². The summed E-state index contributed by atoms with van der Waals surface area (Å²) in [7, 11) is 0. The van der Waals surface area contributed by atoms with Crippen molar-refractivity contribution in [1.82, 2.24) is 15.0 Å². The van der Waals surface area contributed by atoms with Gasteiger partial charge < -0.3 is 9.63 Å². The number of hydrogen-bond donors (Lipinski definition) is 1. The molecule has 1 fully saturated rings. The van der Waals surface area contributed by atoms with Crippen molar-refractivity contribution in [3.8, 4) is 34.0 Å². The molecule has 1 N–H and O–H groups in total. The van der Waals surface area contributed by atoms with Gasteiger partial charge in [-0.1, -0.05) is 35.5 Å². The lowest BCUT2D eigenvalue weighted by atomic mass is 9.79. The number of carbonyl (C=O) groups is 1. The molecule has 0 saturated heterocycles. The summed E-state index contributed by atoms with van der Waals surface area (Å²) >= 11 is 0. The molecule has 0 amide bonds. The van der Waals surface area contributed by atoms with Crippen molar-refractivity contribution in [2.75, 3.05) is 0 Å². The number of fused-ring (bicyclic) bond motifs is 1. The Labute approximate surface area is 223 Å². The van der Waals surface area contributed by atoms with E-state index in [2.05, 4.69) is 21.1 Å². The van der Waals surface area contributed by atoms with Crippen molar-refractivity contribution in [3.05, 3.63) is 82.4 Å². The van der Waals surface area contributed by atoms with Gasteiger partial charge in [0.2, 0.25) is 5.82 Å². The number of hydrogen-bond acceptors (Lipinski definition) is 5. The number of carboxylic acids is 1. The van der Waals surface area contributed by atoms with Crippen LogP contribution in [0.3, 0.4) is 0 Å². The van der Waals surface area contributed by atoms with E-state index in [1.54, 1.807) is 32.0 Å². The number of benzene rings is 3. The first-order valence-corrected chi connectivity index (χ1v) is 12.8. The summed E-state index contributed by atoms with van der Waals surface area (Å²) in [5.74, 6) is -0.233. The highest BCUT2D eigenvalue weighted by atomic mass is 19.4. The molecular formula is C30H26F3N3O3. The van der Waals surface area contributed by atoms with Gasteiger partial charge in [0, 0.05) is 30.3 Å². The molecule has 1 aliphatic carbocycles. The molecule has 0 spiro atoms. The number of aliphatic carboxylic acids is 1. The second kappa shape index (κ2) is 9.34. The lowest BCUT2D eigenvalue weighted by Gasteiger charge is -2.39. The maximum Gasteiger partial charge on any atom is 0.417 e.